The molecule has 1 spiro atoms. The van der Waals surface area contributed by atoms with Crippen molar-refractivity contribution in [1.29, 1.82) is 0 Å². The van der Waals surface area contributed by atoms with Crippen LogP contribution in [0.4, 0.5) is 0 Å². The van der Waals surface area contributed by atoms with Gasteiger partial charge in [-0.3, -0.25) is 0 Å². The molecule has 2 saturated heterocycles. The summed E-state index contributed by atoms with van der Waals surface area (Å²) >= 11 is 3.68. The van der Waals surface area contributed by atoms with E-state index in [0.29, 0.717) is 0 Å². The molecular formula is C10H16BBrO4. The van der Waals surface area contributed by atoms with E-state index in [1.165, 1.54) is 0 Å². The van der Waals surface area contributed by atoms with Crippen molar-refractivity contribution in [2.45, 2.75) is 54.4 Å². The Labute approximate surface area is 104 Å². The van der Waals surface area contributed by atoms with Crippen molar-refractivity contribution in [3.05, 3.63) is 0 Å². The lowest BCUT2D eigenvalue weighted by Crippen LogP contribution is -2.36. The molecule has 4 nitrogen and oxygen atoms in total. The van der Waals surface area contributed by atoms with Crippen LogP contribution < -0.4 is 0 Å². The first-order valence-corrected chi connectivity index (χ1v) is 6.36. The van der Waals surface area contributed by atoms with Crippen LogP contribution in [0.1, 0.15) is 20.3 Å². The summed E-state index contributed by atoms with van der Waals surface area (Å²) in [4.78, 5) is 0. The topological polar surface area (TPSA) is 36.9 Å². The van der Waals surface area contributed by atoms with Gasteiger partial charge in [0.05, 0.1) is 0 Å². The number of ether oxygens (including phenoxy) is 4. The van der Waals surface area contributed by atoms with Crippen molar-refractivity contribution in [3.8, 4) is 0 Å². The van der Waals surface area contributed by atoms with Crippen LogP contribution in [-0.2, 0) is 18.9 Å². The predicted molar refractivity (Wildman–Crippen MR) is 63.3 cm³/mol. The molecule has 2 heterocycles. The first-order chi connectivity index (χ1) is 7.31. The average molecular weight is 291 g/mol. The largest absolute Gasteiger partial charge is 0.353 e. The number of halogens is 1. The van der Waals surface area contributed by atoms with E-state index < -0.39 is 5.79 Å². The lowest BCUT2D eigenvalue weighted by Gasteiger charge is -2.24. The third kappa shape index (κ3) is 1.31. The monoisotopic (exact) mass is 290 g/mol. The Bertz CT molecular complexity index is 335. The molecule has 3 fully saturated rings. The highest BCUT2D eigenvalue weighted by atomic mass is 79.9. The molecule has 3 rings (SSSR count). The first kappa shape index (κ1) is 11.5. The zero-order valence-corrected chi connectivity index (χ0v) is 11.5. The second-order valence-corrected chi connectivity index (χ2v) is 7.26. The Morgan fingerprint density at radius 1 is 1.31 bits per heavy atom. The fourth-order valence-electron chi connectivity index (χ4n) is 2.88. The molecule has 1 saturated carbocycles. The molecule has 0 radical (unpaired) electrons. The molecular weight excluding hydrogens is 275 g/mol. The minimum atomic E-state index is -0.547. The average Bonchev–Trinajstić information content (AvgIpc) is 2.45. The molecule has 6 heteroatoms. The Morgan fingerprint density at radius 2 is 1.94 bits per heavy atom. The maximum atomic E-state index is 5.97. The molecule has 2 unspecified atom stereocenters. The van der Waals surface area contributed by atoms with Crippen LogP contribution in [-0.4, -0.2) is 49.1 Å². The predicted octanol–water partition coefficient (Wildman–Crippen LogP) is 0.376. The highest BCUT2D eigenvalue weighted by molar-refractivity contribution is 9.10. The van der Waals surface area contributed by atoms with E-state index in [-0.39, 0.29) is 28.3 Å². The smallest absolute Gasteiger partial charge is 0.186 e. The zero-order valence-electron chi connectivity index (χ0n) is 9.95. The Kier molecular flexibility index (Phi) is 2.18. The van der Waals surface area contributed by atoms with Crippen molar-refractivity contribution in [2.75, 3.05) is 7.11 Å². The summed E-state index contributed by atoms with van der Waals surface area (Å²) in [7, 11) is 3.76. The van der Waals surface area contributed by atoms with Crippen LogP contribution in [0.15, 0.2) is 0 Å². The number of rotatable bonds is 1. The third-order valence-electron chi connectivity index (χ3n) is 3.77. The van der Waals surface area contributed by atoms with Crippen molar-refractivity contribution >= 4 is 23.8 Å². The Morgan fingerprint density at radius 3 is 2.44 bits per heavy atom. The van der Waals surface area contributed by atoms with Gasteiger partial charge in [0.15, 0.2) is 12.1 Å². The summed E-state index contributed by atoms with van der Waals surface area (Å²) in [6.07, 6.45) is 0.433. The molecule has 0 amide bonds. The second kappa shape index (κ2) is 3.04. The standard InChI is InChI=1S/C10H16BBrO4/c1-8(2)14-5-6(15-8)9(4-10(9,11)12)16-7(5)13-3/h5-7H,4,11H2,1-3H3/t5?,6?,7-,9+,10-/m1/s1. The highest BCUT2D eigenvalue weighted by Crippen LogP contribution is 2.64. The maximum Gasteiger partial charge on any atom is 0.186 e. The molecule has 1 aliphatic carbocycles. The van der Waals surface area contributed by atoms with Crippen molar-refractivity contribution in [3.63, 3.8) is 0 Å². The fourth-order valence-corrected chi connectivity index (χ4v) is 3.62. The van der Waals surface area contributed by atoms with Crippen LogP contribution in [0.25, 0.3) is 0 Å². The molecule has 3 aliphatic rings. The molecule has 90 valence electrons. The van der Waals surface area contributed by atoms with Gasteiger partial charge in [0.2, 0.25) is 0 Å². The van der Waals surface area contributed by atoms with Crippen molar-refractivity contribution in [1.82, 2.24) is 0 Å². The van der Waals surface area contributed by atoms with Crippen molar-refractivity contribution < 1.29 is 18.9 Å². The van der Waals surface area contributed by atoms with Crippen LogP contribution in [0.5, 0.6) is 0 Å². The molecule has 16 heavy (non-hydrogen) atoms. The van der Waals surface area contributed by atoms with E-state index in [2.05, 4.69) is 23.8 Å². The van der Waals surface area contributed by atoms with E-state index in [4.69, 9.17) is 18.9 Å². The van der Waals surface area contributed by atoms with Gasteiger partial charge in [0.25, 0.3) is 0 Å². The van der Waals surface area contributed by atoms with Crippen molar-refractivity contribution in [2.24, 2.45) is 0 Å². The van der Waals surface area contributed by atoms with E-state index in [1.54, 1.807) is 7.11 Å². The number of methoxy groups -OCH3 is 1. The zero-order chi connectivity index (χ0) is 11.8. The normalized spacial score (nSPS) is 57.9. The molecule has 0 aromatic heterocycles. The first-order valence-electron chi connectivity index (χ1n) is 5.56. The van der Waals surface area contributed by atoms with E-state index >= 15 is 0 Å². The lowest BCUT2D eigenvalue weighted by atomic mass is 9.95. The summed E-state index contributed by atoms with van der Waals surface area (Å²) in [5.74, 6) is -0.547. The summed E-state index contributed by atoms with van der Waals surface area (Å²) in [5.41, 5.74) is -0.286. The third-order valence-corrected chi connectivity index (χ3v) is 4.72. The van der Waals surface area contributed by atoms with E-state index in [0.717, 1.165) is 6.42 Å². The van der Waals surface area contributed by atoms with Gasteiger partial charge in [0.1, 0.15) is 25.7 Å². The number of hydrogen-bond donors (Lipinski definition) is 0. The molecule has 0 bridgehead atoms. The van der Waals surface area contributed by atoms with Gasteiger partial charge >= 0.3 is 0 Å². The van der Waals surface area contributed by atoms with Crippen LogP contribution >= 0.6 is 15.9 Å². The minimum Gasteiger partial charge on any atom is -0.353 e. The number of alkyl halides is 1. The summed E-state index contributed by atoms with van der Waals surface area (Å²) in [5, 5.41) is 0. The van der Waals surface area contributed by atoms with Gasteiger partial charge in [-0.05, 0) is 20.3 Å². The fraction of sp³-hybridized carbons (Fsp3) is 1.00. The van der Waals surface area contributed by atoms with Gasteiger partial charge in [0, 0.05) is 11.3 Å². The maximum absolute atomic E-state index is 5.97. The molecule has 5 atom stereocenters. The number of fused-ring (bicyclic) bond motifs is 2. The summed E-state index contributed by atoms with van der Waals surface area (Å²) in [6.45, 7) is 3.86. The number of hydrogen-bond acceptors (Lipinski definition) is 4. The Hall–Kier alpha value is 0.385. The van der Waals surface area contributed by atoms with Crippen LogP contribution in [0.2, 0.25) is 0 Å². The van der Waals surface area contributed by atoms with Crippen LogP contribution in [0.3, 0.4) is 0 Å². The van der Waals surface area contributed by atoms with E-state index in [1.807, 2.05) is 13.8 Å². The minimum absolute atomic E-state index is 0.0278. The summed E-state index contributed by atoms with van der Waals surface area (Å²) in [6, 6.07) is 0. The SMILES string of the molecule is B[C@@]1(Br)C[C@@]12O[C@@H](OC)C1OC(C)(C)OC12. The van der Waals surface area contributed by atoms with Gasteiger partial charge in [-0.15, -0.1) is 0 Å². The highest BCUT2D eigenvalue weighted by Gasteiger charge is 2.78. The molecule has 2 aliphatic heterocycles. The van der Waals surface area contributed by atoms with Gasteiger partial charge in [-0.25, -0.2) is 0 Å². The van der Waals surface area contributed by atoms with Gasteiger partial charge in [-0.1, -0.05) is 15.9 Å². The van der Waals surface area contributed by atoms with E-state index in [9.17, 15) is 0 Å². The molecule has 0 aromatic rings. The quantitative estimate of drug-likeness (QED) is 0.517. The van der Waals surface area contributed by atoms with Gasteiger partial charge < -0.3 is 18.9 Å². The van der Waals surface area contributed by atoms with Crippen LogP contribution in [0, 0.1) is 0 Å². The Balaban J connectivity index is 1.91. The second-order valence-electron chi connectivity index (χ2n) is 5.51. The molecule has 0 N–H and O–H groups in total. The van der Waals surface area contributed by atoms with Gasteiger partial charge in [-0.2, -0.15) is 0 Å². The molecule has 0 aromatic carbocycles. The summed E-state index contributed by atoms with van der Waals surface area (Å²) < 4.78 is 23.1. The lowest BCUT2D eigenvalue weighted by molar-refractivity contribution is -0.232.